The van der Waals surface area contributed by atoms with E-state index in [2.05, 4.69) is 21.0 Å². The molecule has 7 heteroatoms. The average Bonchev–Trinajstić information content (AvgIpc) is 2.79. The number of halogens is 1. The van der Waals surface area contributed by atoms with Crippen LogP contribution in [0.4, 0.5) is 4.79 Å². The summed E-state index contributed by atoms with van der Waals surface area (Å²) in [5.74, 6) is 1.28. The van der Waals surface area contributed by atoms with Crippen LogP contribution in [0.25, 0.3) is 11.1 Å². The first kappa shape index (κ1) is 24.1. The zero-order chi connectivity index (χ0) is 24.1. The van der Waals surface area contributed by atoms with Crippen molar-refractivity contribution in [3.05, 3.63) is 77.1 Å². The highest BCUT2D eigenvalue weighted by atomic mass is 35.5. The van der Waals surface area contributed by atoms with Crippen LogP contribution in [0.3, 0.4) is 0 Å². The number of benzene rings is 1. The minimum absolute atomic E-state index is 0.214. The van der Waals surface area contributed by atoms with Gasteiger partial charge >= 0.3 is 6.09 Å². The molecule has 0 unspecified atom stereocenters. The molecular weight excluding hydrogens is 448 g/mol. The second-order valence-corrected chi connectivity index (χ2v) is 10.3. The van der Waals surface area contributed by atoms with Crippen LogP contribution < -0.4 is 0 Å². The van der Waals surface area contributed by atoms with Crippen LogP contribution in [0.1, 0.15) is 50.6 Å². The van der Waals surface area contributed by atoms with Gasteiger partial charge in [0.15, 0.2) is 0 Å². The fourth-order valence-electron chi connectivity index (χ4n) is 4.16. The van der Waals surface area contributed by atoms with Crippen molar-refractivity contribution in [2.24, 2.45) is 5.92 Å². The molecular formula is C27H31ClN4O2. The molecule has 178 valence electrons. The fourth-order valence-corrected chi connectivity index (χ4v) is 4.37. The van der Waals surface area contributed by atoms with E-state index in [9.17, 15) is 4.79 Å². The van der Waals surface area contributed by atoms with Crippen LogP contribution in [0.5, 0.6) is 0 Å². The lowest BCUT2D eigenvalue weighted by Gasteiger charge is -2.33. The zero-order valence-corrected chi connectivity index (χ0v) is 20.8. The largest absolute Gasteiger partial charge is 0.444 e. The highest BCUT2D eigenvalue weighted by Gasteiger charge is 2.27. The van der Waals surface area contributed by atoms with Gasteiger partial charge in [-0.25, -0.2) is 14.8 Å². The molecule has 2 aromatic heterocycles. The molecule has 0 N–H and O–H groups in total. The van der Waals surface area contributed by atoms with Gasteiger partial charge in [0.1, 0.15) is 11.4 Å². The van der Waals surface area contributed by atoms with E-state index < -0.39 is 5.60 Å². The monoisotopic (exact) mass is 478 g/mol. The molecule has 0 spiro atoms. The molecule has 1 fully saturated rings. The number of pyridine rings is 1. The third-order valence-electron chi connectivity index (χ3n) is 5.88. The van der Waals surface area contributed by atoms with Gasteiger partial charge in [-0.15, -0.1) is 0 Å². The number of nitrogens with zero attached hydrogens (tertiary/aromatic N) is 4. The van der Waals surface area contributed by atoms with Crippen molar-refractivity contribution >= 4 is 17.7 Å². The Hall–Kier alpha value is -2.99. The van der Waals surface area contributed by atoms with E-state index in [4.69, 9.17) is 16.3 Å². The first-order valence-corrected chi connectivity index (χ1v) is 12.1. The SMILES string of the molecule is CC(C)(C)OC(=O)N1CCC(Cc2cncc(-c3cnc(Cc4cccc(Cl)c4)nc3)c2)CC1. The number of carbonyl (C=O) groups excluding carboxylic acids is 1. The molecule has 1 aromatic carbocycles. The summed E-state index contributed by atoms with van der Waals surface area (Å²) >= 11 is 6.07. The van der Waals surface area contributed by atoms with Gasteiger partial charge in [0.25, 0.3) is 0 Å². The Bertz CT molecular complexity index is 1120. The van der Waals surface area contributed by atoms with E-state index in [1.54, 1.807) is 0 Å². The number of ether oxygens (including phenoxy) is 1. The minimum Gasteiger partial charge on any atom is -0.444 e. The summed E-state index contributed by atoms with van der Waals surface area (Å²) < 4.78 is 5.50. The maximum absolute atomic E-state index is 12.3. The van der Waals surface area contributed by atoms with Gasteiger partial charge in [-0.1, -0.05) is 23.7 Å². The fraction of sp³-hybridized carbons (Fsp3) is 0.407. The van der Waals surface area contributed by atoms with E-state index in [-0.39, 0.29) is 6.09 Å². The van der Waals surface area contributed by atoms with Crippen LogP contribution in [0.15, 0.2) is 55.1 Å². The number of rotatable bonds is 5. The Labute approximate surface area is 206 Å². The Kier molecular flexibility index (Phi) is 7.47. The van der Waals surface area contributed by atoms with E-state index in [1.165, 1.54) is 5.56 Å². The van der Waals surface area contributed by atoms with E-state index in [1.807, 2.05) is 74.7 Å². The molecule has 4 rings (SSSR count). The van der Waals surface area contributed by atoms with Crippen molar-refractivity contribution in [1.29, 1.82) is 0 Å². The smallest absolute Gasteiger partial charge is 0.410 e. The summed E-state index contributed by atoms with van der Waals surface area (Å²) in [7, 11) is 0. The number of hydrogen-bond donors (Lipinski definition) is 0. The van der Waals surface area contributed by atoms with Gasteiger partial charge in [-0.05, 0) is 75.3 Å². The topological polar surface area (TPSA) is 68.2 Å². The Morgan fingerprint density at radius 2 is 1.76 bits per heavy atom. The number of amides is 1. The molecule has 6 nitrogen and oxygen atoms in total. The molecule has 3 aromatic rings. The molecule has 0 bridgehead atoms. The standard InChI is InChI=1S/C27H31ClN4O2/c1-27(2,3)34-26(33)32-9-7-19(8-10-32)11-21-12-22(16-29-15-21)23-17-30-25(31-18-23)14-20-5-4-6-24(28)13-20/h4-6,12-13,15-19H,7-11,14H2,1-3H3. The molecule has 1 aliphatic heterocycles. The molecule has 0 atom stereocenters. The average molecular weight is 479 g/mol. The molecule has 1 aliphatic rings. The van der Waals surface area contributed by atoms with Crippen molar-refractivity contribution in [2.75, 3.05) is 13.1 Å². The van der Waals surface area contributed by atoms with Crippen molar-refractivity contribution in [3.63, 3.8) is 0 Å². The summed E-state index contributed by atoms with van der Waals surface area (Å²) in [6, 6.07) is 9.92. The number of piperidine rings is 1. The number of likely N-dealkylation sites (tertiary alicyclic amines) is 1. The third-order valence-corrected chi connectivity index (χ3v) is 6.11. The molecule has 1 amide bonds. The van der Waals surface area contributed by atoms with Gasteiger partial charge < -0.3 is 9.64 Å². The lowest BCUT2D eigenvalue weighted by molar-refractivity contribution is 0.0184. The van der Waals surface area contributed by atoms with Crippen molar-refractivity contribution in [1.82, 2.24) is 19.9 Å². The second kappa shape index (κ2) is 10.5. The van der Waals surface area contributed by atoms with E-state index >= 15 is 0 Å². The Morgan fingerprint density at radius 1 is 1.03 bits per heavy atom. The van der Waals surface area contributed by atoms with Crippen LogP contribution in [-0.4, -0.2) is 44.6 Å². The summed E-state index contributed by atoms with van der Waals surface area (Å²) in [5, 5.41) is 0.715. The predicted molar refractivity (Wildman–Crippen MR) is 134 cm³/mol. The highest BCUT2D eigenvalue weighted by Crippen LogP contribution is 2.25. The molecule has 0 radical (unpaired) electrons. The summed E-state index contributed by atoms with van der Waals surface area (Å²) in [6.45, 7) is 7.16. The Morgan fingerprint density at radius 3 is 2.44 bits per heavy atom. The molecule has 0 saturated carbocycles. The molecule has 34 heavy (non-hydrogen) atoms. The summed E-state index contributed by atoms with van der Waals surface area (Å²) in [4.78, 5) is 27.7. The van der Waals surface area contributed by atoms with Crippen LogP contribution in [-0.2, 0) is 17.6 Å². The van der Waals surface area contributed by atoms with Crippen molar-refractivity contribution in [2.45, 2.75) is 52.1 Å². The van der Waals surface area contributed by atoms with Crippen LogP contribution in [0, 0.1) is 5.92 Å². The quantitative estimate of drug-likeness (QED) is 0.451. The second-order valence-electron chi connectivity index (χ2n) is 9.89. The van der Waals surface area contributed by atoms with E-state index in [0.717, 1.165) is 54.9 Å². The predicted octanol–water partition coefficient (Wildman–Crippen LogP) is 5.97. The third kappa shape index (κ3) is 6.76. The lowest BCUT2D eigenvalue weighted by Crippen LogP contribution is -2.42. The van der Waals surface area contributed by atoms with Gasteiger partial charge in [0.2, 0.25) is 0 Å². The van der Waals surface area contributed by atoms with Crippen molar-refractivity contribution < 1.29 is 9.53 Å². The first-order chi connectivity index (χ1) is 16.2. The maximum atomic E-state index is 12.3. The molecule has 1 saturated heterocycles. The minimum atomic E-state index is -0.461. The zero-order valence-electron chi connectivity index (χ0n) is 20.0. The van der Waals surface area contributed by atoms with Gasteiger partial charge in [-0.2, -0.15) is 0 Å². The van der Waals surface area contributed by atoms with Crippen LogP contribution in [0.2, 0.25) is 5.02 Å². The first-order valence-electron chi connectivity index (χ1n) is 11.7. The van der Waals surface area contributed by atoms with Gasteiger partial charge in [0, 0.05) is 60.4 Å². The highest BCUT2D eigenvalue weighted by molar-refractivity contribution is 6.30. The molecule has 0 aliphatic carbocycles. The van der Waals surface area contributed by atoms with E-state index in [0.29, 0.717) is 17.4 Å². The maximum Gasteiger partial charge on any atom is 0.410 e. The lowest BCUT2D eigenvalue weighted by atomic mass is 9.90. The van der Waals surface area contributed by atoms with Gasteiger partial charge in [-0.3, -0.25) is 4.98 Å². The molecule has 3 heterocycles. The number of hydrogen-bond acceptors (Lipinski definition) is 5. The van der Waals surface area contributed by atoms with Crippen LogP contribution >= 0.6 is 11.6 Å². The number of aromatic nitrogens is 3. The number of carbonyl (C=O) groups is 1. The van der Waals surface area contributed by atoms with Gasteiger partial charge in [0.05, 0.1) is 0 Å². The Balaban J connectivity index is 1.34. The summed E-state index contributed by atoms with van der Waals surface area (Å²) in [5.41, 5.74) is 3.77. The summed E-state index contributed by atoms with van der Waals surface area (Å²) in [6.07, 6.45) is 10.8. The van der Waals surface area contributed by atoms with Crippen molar-refractivity contribution in [3.8, 4) is 11.1 Å². The normalized spacial score (nSPS) is 14.8.